The zero-order valence-electron chi connectivity index (χ0n) is 13.9. The molecule has 0 N–H and O–H groups in total. The molecule has 0 radical (unpaired) electrons. The molecule has 0 saturated carbocycles. The number of thioether (sulfide) groups is 1. The van der Waals surface area contributed by atoms with Gasteiger partial charge in [-0.1, -0.05) is 19.1 Å². The quantitative estimate of drug-likeness (QED) is 0.588. The van der Waals surface area contributed by atoms with E-state index in [-0.39, 0.29) is 17.8 Å². The first-order chi connectivity index (χ1) is 11.2. The van der Waals surface area contributed by atoms with Crippen LogP contribution in [0.25, 0.3) is 0 Å². The highest BCUT2D eigenvalue weighted by Gasteiger charge is 2.30. The number of benzene rings is 1. The molecule has 1 aliphatic rings. The Hall–Kier alpha value is -1.49. The Bertz CT molecular complexity index is 547. The number of piperidine rings is 1. The minimum absolute atomic E-state index is 0.0261. The van der Waals surface area contributed by atoms with Crippen LogP contribution in [-0.2, 0) is 9.53 Å². The van der Waals surface area contributed by atoms with Crippen molar-refractivity contribution in [2.24, 2.45) is 5.92 Å². The summed E-state index contributed by atoms with van der Waals surface area (Å²) < 4.78 is 5.11. The van der Waals surface area contributed by atoms with E-state index in [9.17, 15) is 9.59 Å². The van der Waals surface area contributed by atoms with Gasteiger partial charge in [0.05, 0.1) is 18.1 Å². The number of hydrogen-bond acceptors (Lipinski definition) is 4. The molecule has 1 aromatic carbocycles. The van der Waals surface area contributed by atoms with Crippen molar-refractivity contribution in [1.29, 1.82) is 0 Å². The molecular weight excluding hydrogens is 310 g/mol. The highest BCUT2D eigenvalue weighted by Crippen LogP contribution is 2.26. The first-order valence-corrected chi connectivity index (χ1v) is 9.33. The van der Waals surface area contributed by atoms with Crippen LogP contribution in [0, 0.1) is 5.92 Å². The molecule has 0 aromatic heterocycles. The van der Waals surface area contributed by atoms with E-state index < -0.39 is 0 Å². The second-order valence-corrected chi connectivity index (χ2v) is 6.82. The molecule has 0 unspecified atom stereocenters. The van der Waals surface area contributed by atoms with Gasteiger partial charge in [0.25, 0.3) is 5.91 Å². The molecule has 1 saturated heterocycles. The average molecular weight is 335 g/mol. The van der Waals surface area contributed by atoms with Gasteiger partial charge in [-0.3, -0.25) is 9.59 Å². The predicted molar refractivity (Wildman–Crippen MR) is 92.7 cm³/mol. The Morgan fingerprint density at radius 1 is 1.30 bits per heavy atom. The molecule has 1 atom stereocenters. The van der Waals surface area contributed by atoms with Gasteiger partial charge < -0.3 is 9.64 Å². The number of rotatable bonds is 6. The summed E-state index contributed by atoms with van der Waals surface area (Å²) in [6.07, 6.45) is 2.72. The summed E-state index contributed by atoms with van der Waals surface area (Å²) in [5.41, 5.74) is 0.746. The zero-order chi connectivity index (χ0) is 16.7. The van der Waals surface area contributed by atoms with Crippen molar-refractivity contribution in [3.05, 3.63) is 29.8 Å². The van der Waals surface area contributed by atoms with Crippen LogP contribution in [0.2, 0.25) is 0 Å². The summed E-state index contributed by atoms with van der Waals surface area (Å²) in [5, 5.41) is 0. The van der Waals surface area contributed by atoms with Crippen molar-refractivity contribution in [3.8, 4) is 0 Å². The van der Waals surface area contributed by atoms with E-state index in [1.54, 1.807) is 16.7 Å². The summed E-state index contributed by atoms with van der Waals surface area (Å²) in [6, 6.07) is 7.75. The van der Waals surface area contributed by atoms with E-state index in [0.29, 0.717) is 19.7 Å². The van der Waals surface area contributed by atoms with Crippen molar-refractivity contribution in [3.63, 3.8) is 0 Å². The van der Waals surface area contributed by atoms with Gasteiger partial charge in [0, 0.05) is 18.0 Å². The summed E-state index contributed by atoms with van der Waals surface area (Å²) >= 11 is 1.72. The maximum Gasteiger partial charge on any atom is 0.310 e. The maximum absolute atomic E-state index is 12.9. The molecule has 1 aliphatic heterocycles. The fourth-order valence-electron chi connectivity index (χ4n) is 2.77. The number of esters is 1. The molecule has 23 heavy (non-hydrogen) atoms. The standard InChI is InChI=1S/C18H25NO3S/c1-3-12-23-16-10-6-5-9-15(16)17(20)19-11-7-8-14(13-19)18(21)22-4-2/h5-6,9-10,14H,3-4,7-8,11-13H2,1-2H3/t14-/m1/s1. The largest absolute Gasteiger partial charge is 0.466 e. The molecule has 1 fully saturated rings. The van der Waals surface area contributed by atoms with Gasteiger partial charge in [0.2, 0.25) is 0 Å². The van der Waals surface area contributed by atoms with Crippen LogP contribution in [0.15, 0.2) is 29.2 Å². The van der Waals surface area contributed by atoms with Crippen molar-refractivity contribution < 1.29 is 14.3 Å². The van der Waals surface area contributed by atoms with E-state index in [1.807, 2.05) is 31.2 Å². The lowest BCUT2D eigenvalue weighted by atomic mass is 9.97. The van der Waals surface area contributed by atoms with Gasteiger partial charge >= 0.3 is 5.97 Å². The minimum atomic E-state index is -0.192. The first kappa shape index (κ1) is 17.9. The van der Waals surface area contributed by atoms with E-state index in [1.165, 1.54) is 0 Å². The number of carbonyl (C=O) groups is 2. The van der Waals surface area contributed by atoms with E-state index >= 15 is 0 Å². The molecule has 0 bridgehead atoms. The van der Waals surface area contributed by atoms with Crippen molar-refractivity contribution >= 4 is 23.6 Å². The van der Waals surface area contributed by atoms with Crippen molar-refractivity contribution in [2.75, 3.05) is 25.4 Å². The molecule has 1 aromatic rings. The van der Waals surface area contributed by atoms with Gasteiger partial charge in [0.1, 0.15) is 0 Å². The van der Waals surface area contributed by atoms with Crippen LogP contribution in [0.3, 0.4) is 0 Å². The van der Waals surface area contributed by atoms with Crippen LogP contribution in [0.4, 0.5) is 0 Å². The van der Waals surface area contributed by atoms with Crippen molar-refractivity contribution in [2.45, 2.75) is 38.0 Å². The number of amides is 1. The zero-order valence-corrected chi connectivity index (χ0v) is 14.7. The van der Waals surface area contributed by atoms with Gasteiger partial charge in [-0.15, -0.1) is 11.8 Å². The van der Waals surface area contributed by atoms with Gasteiger partial charge in [0.15, 0.2) is 0 Å². The summed E-state index contributed by atoms with van der Waals surface area (Å²) in [6.45, 7) is 5.50. The van der Waals surface area contributed by atoms with E-state index in [2.05, 4.69) is 6.92 Å². The second kappa shape index (κ2) is 8.96. The SMILES string of the molecule is CCCSc1ccccc1C(=O)N1CCC[C@@H](C(=O)OCC)C1. The molecule has 1 heterocycles. The summed E-state index contributed by atoms with van der Waals surface area (Å²) in [7, 11) is 0. The van der Waals surface area contributed by atoms with Gasteiger partial charge in [-0.05, 0) is 44.1 Å². The van der Waals surface area contributed by atoms with Crippen LogP contribution in [0.1, 0.15) is 43.5 Å². The summed E-state index contributed by atoms with van der Waals surface area (Å²) in [5.74, 6) is 0.649. The molecule has 126 valence electrons. The summed E-state index contributed by atoms with van der Waals surface area (Å²) in [4.78, 5) is 27.6. The average Bonchev–Trinajstić information content (AvgIpc) is 2.60. The Kier molecular flexibility index (Phi) is 6.96. The number of ether oxygens (including phenoxy) is 1. The maximum atomic E-state index is 12.9. The highest BCUT2D eigenvalue weighted by atomic mass is 32.2. The smallest absolute Gasteiger partial charge is 0.310 e. The van der Waals surface area contributed by atoms with Crippen LogP contribution < -0.4 is 0 Å². The Balaban J connectivity index is 2.09. The Labute approximate surface area is 142 Å². The third-order valence-corrected chi connectivity index (χ3v) is 5.19. The molecule has 1 amide bonds. The monoisotopic (exact) mass is 335 g/mol. The molecule has 2 rings (SSSR count). The molecule has 0 aliphatic carbocycles. The van der Waals surface area contributed by atoms with Gasteiger partial charge in [-0.25, -0.2) is 0 Å². The lowest BCUT2D eigenvalue weighted by Crippen LogP contribution is -2.43. The second-order valence-electron chi connectivity index (χ2n) is 5.69. The highest BCUT2D eigenvalue weighted by molar-refractivity contribution is 7.99. The lowest BCUT2D eigenvalue weighted by molar-refractivity contribution is -0.149. The van der Waals surface area contributed by atoms with Crippen molar-refractivity contribution in [1.82, 2.24) is 4.90 Å². The topological polar surface area (TPSA) is 46.6 Å². The predicted octanol–water partition coefficient (Wildman–Crippen LogP) is 3.60. The molecule has 5 heteroatoms. The van der Waals surface area contributed by atoms with E-state index in [4.69, 9.17) is 4.74 Å². The van der Waals surface area contributed by atoms with E-state index in [0.717, 1.165) is 35.5 Å². The normalized spacial score (nSPS) is 17.8. The molecule has 4 nitrogen and oxygen atoms in total. The van der Waals surface area contributed by atoms with Crippen LogP contribution in [0.5, 0.6) is 0 Å². The fraction of sp³-hybridized carbons (Fsp3) is 0.556. The number of hydrogen-bond donors (Lipinski definition) is 0. The van der Waals surface area contributed by atoms with Crippen LogP contribution in [-0.4, -0.2) is 42.2 Å². The lowest BCUT2D eigenvalue weighted by Gasteiger charge is -2.32. The minimum Gasteiger partial charge on any atom is -0.466 e. The number of carbonyl (C=O) groups excluding carboxylic acids is 2. The molecular formula is C18H25NO3S. The third-order valence-electron chi connectivity index (χ3n) is 3.91. The fourth-order valence-corrected chi connectivity index (χ4v) is 3.68. The number of likely N-dealkylation sites (tertiary alicyclic amines) is 1. The number of nitrogens with zero attached hydrogens (tertiary/aromatic N) is 1. The Morgan fingerprint density at radius 2 is 2.09 bits per heavy atom. The van der Waals surface area contributed by atoms with Crippen LogP contribution >= 0.6 is 11.8 Å². The van der Waals surface area contributed by atoms with Gasteiger partial charge in [-0.2, -0.15) is 0 Å². The third kappa shape index (κ3) is 4.74. The Morgan fingerprint density at radius 3 is 2.83 bits per heavy atom. The first-order valence-electron chi connectivity index (χ1n) is 8.35. The molecule has 0 spiro atoms.